The Labute approximate surface area is 135 Å². The van der Waals surface area contributed by atoms with Gasteiger partial charge in [-0.25, -0.2) is 4.79 Å². The van der Waals surface area contributed by atoms with Gasteiger partial charge >= 0.3 is 5.97 Å². The first-order valence-electron chi connectivity index (χ1n) is 7.72. The van der Waals surface area contributed by atoms with E-state index in [4.69, 9.17) is 33.2 Å². The van der Waals surface area contributed by atoms with Gasteiger partial charge in [0.25, 0.3) is 0 Å². The van der Waals surface area contributed by atoms with Crippen molar-refractivity contribution < 1.29 is 38.0 Å². The van der Waals surface area contributed by atoms with E-state index >= 15 is 0 Å². The number of carbonyl (C=O) groups is 1. The number of esters is 1. The van der Waals surface area contributed by atoms with Crippen LogP contribution in [0.3, 0.4) is 0 Å². The Morgan fingerprint density at radius 1 is 1.09 bits per heavy atom. The van der Waals surface area contributed by atoms with Crippen molar-refractivity contribution in [2.45, 2.75) is 70.0 Å². The van der Waals surface area contributed by atoms with Gasteiger partial charge in [-0.2, -0.15) is 0 Å². The van der Waals surface area contributed by atoms with Crippen molar-refractivity contribution in [2.24, 2.45) is 0 Å². The van der Waals surface area contributed by atoms with Gasteiger partial charge in [0, 0.05) is 7.11 Å². The maximum absolute atomic E-state index is 11.9. The number of methoxy groups -OCH3 is 1. The van der Waals surface area contributed by atoms with Crippen LogP contribution in [0.5, 0.6) is 0 Å². The van der Waals surface area contributed by atoms with Crippen LogP contribution in [0.15, 0.2) is 0 Å². The molecule has 132 valence electrons. The molecule has 3 aliphatic rings. The van der Waals surface area contributed by atoms with Crippen LogP contribution in [0.25, 0.3) is 0 Å². The fraction of sp³-hybridized carbons (Fsp3) is 0.933. The lowest BCUT2D eigenvalue weighted by molar-refractivity contribution is -0.235. The van der Waals surface area contributed by atoms with E-state index < -0.39 is 42.1 Å². The van der Waals surface area contributed by atoms with Crippen LogP contribution >= 0.6 is 0 Å². The molecule has 0 aromatic heterocycles. The molecule has 0 amide bonds. The minimum absolute atomic E-state index is 0.141. The zero-order valence-corrected chi connectivity index (χ0v) is 14.1. The molecule has 3 aliphatic heterocycles. The third-order valence-electron chi connectivity index (χ3n) is 3.95. The molecule has 5 atom stereocenters. The molecule has 0 saturated carbocycles. The first-order chi connectivity index (χ1) is 10.7. The van der Waals surface area contributed by atoms with E-state index in [1.165, 1.54) is 7.11 Å². The molecule has 3 rings (SSSR count). The highest BCUT2D eigenvalue weighted by atomic mass is 16.9. The Hall–Kier alpha value is -0.770. The molecule has 0 aliphatic carbocycles. The third kappa shape index (κ3) is 3.52. The molecule has 3 saturated heterocycles. The molecule has 0 radical (unpaired) electrons. The van der Waals surface area contributed by atoms with Gasteiger partial charge in [-0.05, 0) is 27.7 Å². The topological polar surface area (TPSA) is 81.7 Å². The number of hydrogen-bond acceptors (Lipinski definition) is 8. The molecular formula is C15H24O8. The SMILES string of the molecule is COCC(=O)O[C@@H]1[C@H]2OC(C)(C)O[C@H]2O[C@@H]1[C@H]1COC(C)(C)O1. The average molecular weight is 332 g/mol. The van der Waals surface area contributed by atoms with Crippen LogP contribution in [-0.2, 0) is 38.0 Å². The van der Waals surface area contributed by atoms with Crippen molar-refractivity contribution in [1.29, 1.82) is 0 Å². The Kier molecular flexibility index (Phi) is 4.41. The summed E-state index contributed by atoms with van der Waals surface area (Å²) in [7, 11) is 1.43. The molecule has 0 bridgehead atoms. The summed E-state index contributed by atoms with van der Waals surface area (Å²) in [5, 5.41) is 0. The normalized spacial score (nSPS) is 41.0. The van der Waals surface area contributed by atoms with E-state index in [1.54, 1.807) is 13.8 Å². The summed E-state index contributed by atoms with van der Waals surface area (Å²) in [6.45, 7) is 7.43. The Morgan fingerprint density at radius 3 is 2.43 bits per heavy atom. The van der Waals surface area contributed by atoms with Gasteiger partial charge in [-0.1, -0.05) is 0 Å². The smallest absolute Gasteiger partial charge is 0.332 e. The monoisotopic (exact) mass is 332 g/mol. The summed E-state index contributed by atoms with van der Waals surface area (Å²) in [4.78, 5) is 11.9. The van der Waals surface area contributed by atoms with Crippen molar-refractivity contribution in [2.75, 3.05) is 20.3 Å². The van der Waals surface area contributed by atoms with Crippen molar-refractivity contribution in [3.8, 4) is 0 Å². The van der Waals surface area contributed by atoms with Gasteiger partial charge < -0.3 is 33.2 Å². The molecule has 0 aromatic rings. The predicted molar refractivity (Wildman–Crippen MR) is 75.4 cm³/mol. The number of carbonyl (C=O) groups excluding carboxylic acids is 1. The van der Waals surface area contributed by atoms with Crippen LogP contribution in [-0.4, -0.2) is 68.6 Å². The molecule has 3 fully saturated rings. The fourth-order valence-corrected chi connectivity index (χ4v) is 3.12. The molecule has 8 heteroatoms. The number of rotatable bonds is 4. The van der Waals surface area contributed by atoms with E-state index in [0.29, 0.717) is 6.61 Å². The van der Waals surface area contributed by atoms with Crippen molar-refractivity contribution >= 4 is 5.97 Å². The van der Waals surface area contributed by atoms with E-state index in [1.807, 2.05) is 13.8 Å². The molecule has 0 unspecified atom stereocenters. The highest BCUT2D eigenvalue weighted by molar-refractivity contribution is 5.71. The third-order valence-corrected chi connectivity index (χ3v) is 3.95. The molecular weight excluding hydrogens is 308 g/mol. The minimum atomic E-state index is -0.793. The lowest BCUT2D eigenvalue weighted by Crippen LogP contribution is -2.45. The van der Waals surface area contributed by atoms with Gasteiger partial charge in [0.2, 0.25) is 0 Å². The largest absolute Gasteiger partial charge is 0.455 e. The lowest BCUT2D eigenvalue weighted by atomic mass is 10.1. The Balaban J connectivity index is 1.75. The van der Waals surface area contributed by atoms with Gasteiger partial charge in [-0.3, -0.25) is 0 Å². The fourth-order valence-electron chi connectivity index (χ4n) is 3.12. The second-order valence-corrected chi connectivity index (χ2v) is 6.82. The van der Waals surface area contributed by atoms with Crippen LogP contribution in [0.2, 0.25) is 0 Å². The molecule has 23 heavy (non-hydrogen) atoms. The summed E-state index contributed by atoms with van der Waals surface area (Å²) in [5.41, 5.74) is 0. The van der Waals surface area contributed by atoms with E-state index in [0.717, 1.165) is 0 Å². The van der Waals surface area contributed by atoms with Gasteiger partial charge in [0.15, 0.2) is 30.1 Å². The van der Waals surface area contributed by atoms with Crippen LogP contribution in [0.1, 0.15) is 27.7 Å². The molecule has 0 N–H and O–H groups in total. The van der Waals surface area contributed by atoms with Crippen LogP contribution < -0.4 is 0 Å². The number of fused-ring (bicyclic) bond motifs is 1. The van der Waals surface area contributed by atoms with Crippen molar-refractivity contribution in [3.05, 3.63) is 0 Å². The standard InChI is InChI=1S/C15H24O8/c1-14(2)18-6-8(21-14)10-11(19-9(16)7-17-5)12-13(20-10)23-15(3,4)22-12/h8,10-13H,6-7H2,1-5H3/t8-,10-,11+,12-,13-/m1/s1. The number of ether oxygens (including phenoxy) is 7. The van der Waals surface area contributed by atoms with Crippen LogP contribution in [0, 0.1) is 0 Å². The second kappa shape index (κ2) is 5.94. The van der Waals surface area contributed by atoms with E-state index in [2.05, 4.69) is 0 Å². The Bertz CT molecular complexity index is 462. The summed E-state index contributed by atoms with van der Waals surface area (Å²) < 4.78 is 39.2. The van der Waals surface area contributed by atoms with E-state index in [9.17, 15) is 4.79 Å². The number of hydrogen-bond donors (Lipinski definition) is 0. The highest BCUT2D eigenvalue weighted by Gasteiger charge is 2.59. The van der Waals surface area contributed by atoms with Gasteiger partial charge in [-0.15, -0.1) is 0 Å². The van der Waals surface area contributed by atoms with Crippen molar-refractivity contribution in [3.63, 3.8) is 0 Å². The maximum atomic E-state index is 11.9. The maximum Gasteiger partial charge on any atom is 0.332 e. The zero-order chi connectivity index (χ0) is 16.8. The molecule has 3 heterocycles. The predicted octanol–water partition coefficient (Wildman–Crippen LogP) is 0.573. The first kappa shape index (κ1) is 17.1. The molecule has 8 nitrogen and oxygen atoms in total. The van der Waals surface area contributed by atoms with Gasteiger partial charge in [0.05, 0.1) is 6.61 Å². The van der Waals surface area contributed by atoms with Crippen molar-refractivity contribution in [1.82, 2.24) is 0 Å². The van der Waals surface area contributed by atoms with Gasteiger partial charge in [0.1, 0.15) is 18.8 Å². The van der Waals surface area contributed by atoms with Crippen LogP contribution in [0.4, 0.5) is 0 Å². The Morgan fingerprint density at radius 2 is 1.83 bits per heavy atom. The average Bonchev–Trinajstić information content (AvgIpc) is 3.01. The molecule has 0 aromatic carbocycles. The zero-order valence-electron chi connectivity index (χ0n) is 14.1. The van der Waals surface area contributed by atoms with E-state index in [-0.39, 0.29) is 12.7 Å². The summed E-state index contributed by atoms with van der Waals surface area (Å²) >= 11 is 0. The molecule has 0 spiro atoms. The summed E-state index contributed by atoms with van der Waals surface area (Å²) in [6.07, 6.45) is -2.66. The lowest BCUT2D eigenvalue weighted by Gasteiger charge is -2.28. The summed E-state index contributed by atoms with van der Waals surface area (Å²) in [6, 6.07) is 0. The second-order valence-electron chi connectivity index (χ2n) is 6.82. The minimum Gasteiger partial charge on any atom is -0.455 e. The quantitative estimate of drug-likeness (QED) is 0.691. The summed E-state index contributed by atoms with van der Waals surface area (Å²) in [5.74, 6) is -1.98. The first-order valence-corrected chi connectivity index (χ1v) is 7.72. The highest BCUT2D eigenvalue weighted by Crippen LogP contribution is 2.41.